The van der Waals surface area contributed by atoms with Gasteiger partial charge in [-0.2, -0.15) is 18.2 Å². The number of alkyl halides is 3. The summed E-state index contributed by atoms with van der Waals surface area (Å²) in [7, 11) is 1.60. The van der Waals surface area contributed by atoms with E-state index in [2.05, 4.69) is 21.8 Å². The van der Waals surface area contributed by atoms with Crippen LogP contribution in [0.2, 0.25) is 0 Å². The van der Waals surface area contributed by atoms with E-state index in [-0.39, 0.29) is 17.3 Å². The Bertz CT molecular complexity index is 1360. The first kappa shape index (κ1) is 28.4. The van der Waals surface area contributed by atoms with Gasteiger partial charge in [-0.15, -0.1) is 0 Å². The Labute approximate surface area is 209 Å². The highest BCUT2D eigenvalue weighted by Gasteiger charge is 2.38. The number of ether oxygens (including phenoxy) is 1. The normalized spacial score (nSPS) is 10.4. The van der Waals surface area contributed by atoms with E-state index in [1.165, 1.54) is 0 Å². The summed E-state index contributed by atoms with van der Waals surface area (Å²) >= 11 is 0. The highest BCUT2D eigenvalue weighted by molar-refractivity contribution is 5.89. The summed E-state index contributed by atoms with van der Waals surface area (Å²) in [6.07, 6.45) is -4.04. The van der Waals surface area contributed by atoms with Gasteiger partial charge in [-0.25, -0.2) is 14.6 Å². The predicted octanol–water partition coefficient (Wildman–Crippen LogP) is 3.80. The zero-order valence-corrected chi connectivity index (χ0v) is 19.8. The molecule has 2 aromatic carbocycles. The molecule has 1 aromatic heterocycles. The topological polar surface area (TPSA) is 162 Å². The van der Waals surface area contributed by atoms with E-state index in [4.69, 9.17) is 26.1 Å². The number of nitrogens with zero attached hydrogens (tertiary/aromatic N) is 2. The van der Waals surface area contributed by atoms with Gasteiger partial charge in [0.05, 0.1) is 23.9 Å². The number of carbonyl (C=O) groups is 2. The number of aliphatic carboxylic acids is 1. The summed E-state index contributed by atoms with van der Waals surface area (Å²) in [6.45, 7) is 1.95. The van der Waals surface area contributed by atoms with Crippen LogP contribution in [0.1, 0.15) is 34.1 Å². The lowest BCUT2D eigenvalue weighted by molar-refractivity contribution is -0.192. The highest BCUT2D eigenvalue weighted by Crippen LogP contribution is 2.28. The molecule has 37 heavy (non-hydrogen) atoms. The van der Waals surface area contributed by atoms with Crippen molar-refractivity contribution in [1.82, 2.24) is 9.97 Å². The summed E-state index contributed by atoms with van der Waals surface area (Å²) in [5.74, 6) is 3.53. The first-order valence-electron chi connectivity index (χ1n) is 10.6. The Morgan fingerprint density at radius 2 is 1.70 bits per heavy atom. The molecule has 9 nitrogen and oxygen atoms in total. The number of methoxy groups -OCH3 is 1. The molecule has 0 radical (unpaired) electrons. The Morgan fingerprint density at radius 1 is 1.05 bits per heavy atom. The Kier molecular flexibility index (Phi) is 9.42. The number of rotatable bonds is 5. The maximum absolute atomic E-state index is 11.3. The number of hydrogen-bond acceptors (Lipinski definition) is 7. The van der Waals surface area contributed by atoms with Crippen molar-refractivity contribution in [2.24, 2.45) is 0 Å². The average Bonchev–Trinajstić information content (AvgIpc) is 2.84. The van der Waals surface area contributed by atoms with E-state index >= 15 is 0 Å². The number of carboxylic acid groups (broad SMARTS) is 2. The van der Waals surface area contributed by atoms with Gasteiger partial charge >= 0.3 is 18.1 Å². The number of carboxylic acids is 2. The molecule has 0 bridgehead atoms. The van der Waals surface area contributed by atoms with E-state index in [1.807, 2.05) is 31.2 Å². The number of benzene rings is 2. The van der Waals surface area contributed by atoms with Crippen LogP contribution >= 0.6 is 0 Å². The maximum atomic E-state index is 11.3. The Hall–Kier alpha value is -4.79. The van der Waals surface area contributed by atoms with E-state index in [0.717, 1.165) is 16.7 Å². The fourth-order valence-corrected chi connectivity index (χ4v) is 3.09. The molecule has 0 aliphatic carbocycles. The lowest BCUT2D eigenvalue weighted by atomic mass is 9.99. The fraction of sp³-hybridized carbons (Fsp3) is 0.200. The van der Waals surface area contributed by atoms with Crippen LogP contribution < -0.4 is 16.2 Å². The molecule has 0 aliphatic heterocycles. The van der Waals surface area contributed by atoms with E-state index < -0.39 is 18.1 Å². The van der Waals surface area contributed by atoms with Crippen LogP contribution in [0.3, 0.4) is 0 Å². The number of nitrogen functional groups attached to an aromatic ring is 2. The summed E-state index contributed by atoms with van der Waals surface area (Å²) in [6, 6.07) is 12.5. The molecule has 194 valence electrons. The number of halogens is 3. The number of nitrogens with two attached hydrogens (primary N) is 2. The molecule has 0 aliphatic rings. The third-order valence-electron chi connectivity index (χ3n) is 4.82. The summed E-state index contributed by atoms with van der Waals surface area (Å²) < 4.78 is 37.2. The molecule has 0 spiro atoms. The van der Waals surface area contributed by atoms with Crippen molar-refractivity contribution in [3.05, 3.63) is 64.8 Å². The number of aromatic carboxylic acids is 1. The van der Waals surface area contributed by atoms with Crippen molar-refractivity contribution in [2.45, 2.75) is 25.9 Å². The summed E-state index contributed by atoms with van der Waals surface area (Å²) in [5.41, 5.74) is 15.7. The van der Waals surface area contributed by atoms with Gasteiger partial charge in [-0.3, -0.25) is 0 Å². The molecular weight excluding hydrogens is 493 g/mol. The van der Waals surface area contributed by atoms with Gasteiger partial charge in [0.1, 0.15) is 11.6 Å². The number of anilines is 2. The highest BCUT2D eigenvalue weighted by atomic mass is 19.4. The van der Waals surface area contributed by atoms with Gasteiger partial charge in [0, 0.05) is 12.0 Å². The predicted molar refractivity (Wildman–Crippen MR) is 130 cm³/mol. The number of aromatic nitrogens is 2. The monoisotopic (exact) mass is 516 g/mol. The lowest BCUT2D eigenvalue weighted by Gasteiger charge is -2.10. The summed E-state index contributed by atoms with van der Waals surface area (Å²) in [4.78, 5) is 28.3. The molecule has 0 fully saturated rings. The number of hydrogen-bond donors (Lipinski definition) is 4. The second-order valence-corrected chi connectivity index (χ2v) is 7.34. The van der Waals surface area contributed by atoms with Crippen LogP contribution in [0.5, 0.6) is 5.75 Å². The van der Waals surface area contributed by atoms with Crippen molar-refractivity contribution < 1.29 is 37.7 Å². The molecule has 3 rings (SSSR count). The van der Waals surface area contributed by atoms with Crippen molar-refractivity contribution in [3.63, 3.8) is 0 Å². The second kappa shape index (κ2) is 12.3. The number of aryl methyl sites for hydroxylation is 1. The largest absolute Gasteiger partial charge is 0.496 e. The van der Waals surface area contributed by atoms with Gasteiger partial charge in [-0.1, -0.05) is 37.0 Å². The third-order valence-corrected chi connectivity index (χ3v) is 4.82. The van der Waals surface area contributed by atoms with Crippen LogP contribution in [-0.2, 0) is 17.6 Å². The lowest BCUT2D eigenvalue weighted by Crippen LogP contribution is -2.21. The molecule has 0 unspecified atom stereocenters. The zero-order chi connectivity index (χ0) is 27.8. The molecule has 0 saturated heterocycles. The molecule has 1 heterocycles. The maximum Gasteiger partial charge on any atom is 0.490 e. The molecule has 6 N–H and O–H groups in total. The van der Waals surface area contributed by atoms with Crippen LogP contribution in [0.4, 0.5) is 24.9 Å². The quantitative estimate of drug-likeness (QED) is 0.370. The molecular formula is C25H23F3N4O5. The first-order chi connectivity index (χ1) is 17.4. The van der Waals surface area contributed by atoms with Gasteiger partial charge in [0.2, 0.25) is 5.95 Å². The van der Waals surface area contributed by atoms with Crippen molar-refractivity contribution in [3.8, 4) is 28.7 Å². The molecule has 0 amide bonds. The zero-order valence-electron chi connectivity index (χ0n) is 19.8. The van der Waals surface area contributed by atoms with Crippen molar-refractivity contribution >= 4 is 23.7 Å². The van der Waals surface area contributed by atoms with E-state index in [0.29, 0.717) is 29.8 Å². The van der Waals surface area contributed by atoms with Gasteiger partial charge in [-0.05, 0) is 41.8 Å². The van der Waals surface area contributed by atoms with E-state index in [1.54, 1.807) is 25.3 Å². The minimum absolute atomic E-state index is 0.132. The fourth-order valence-electron chi connectivity index (χ4n) is 3.09. The minimum atomic E-state index is -5.08. The Balaban J connectivity index is 0.000000604. The molecule has 3 aromatic rings. The first-order valence-corrected chi connectivity index (χ1v) is 10.6. The van der Waals surface area contributed by atoms with Crippen LogP contribution in [-0.4, -0.2) is 45.4 Å². The van der Waals surface area contributed by atoms with Crippen LogP contribution in [0.25, 0.3) is 11.1 Å². The smallest absolute Gasteiger partial charge is 0.490 e. The molecule has 0 saturated carbocycles. The third kappa shape index (κ3) is 7.86. The SMILES string of the molecule is CCc1nc(N)nc(N)c1C#CCc1cc(-c2cccc(C(=O)O)c2)ccc1OC.O=C(O)C(F)(F)F. The van der Waals surface area contributed by atoms with Crippen LogP contribution in [0, 0.1) is 11.8 Å². The molecule has 12 heteroatoms. The van der Waals surface area contributed by atoms with Gasteiger partial charge in [0.25, 0.3) is 0 Å². The van der Waals surface area contributed by atoms with Crippen molar-refractivity contribution in [1.29, 1.82) is 0 Å². The van der Waals surface area contributed by atoms with Gasteiger partial charge in [0.15, 0.2) is 0 Å². The summed E-state index contributed by atoms with van der Waals surface area (Å²) in [5, 5.41) is 16.4. The molecule has 0 atom stereocenters. The van der Waals surface area contributed by atoms with E-state index in [9.17, 15) is 23.1 Å². The second-order valence-electron chi connectivity index (χ2n) is 7.34. The van der Waals surface area contributed by atoms with Crippen molar-refractivity contribution in [2.75, 3.05) is 18.6 Å². The standard InChI is InChI=1S/C23H22N4O3.C2HF3O2/c1-3-19-18(21(24)27-23(25)26-19)9-5-7-16-12-15(10-11-20(16)30-2)14-6-4-8-17(13-14)22(28)29;3-2(4,5)1(6)7/h4,6,8,10-13H,3,7H2,1-2H3,(H,28,29)(H4,24,25,26,27);(H,6,7). The minimum Gasteiger partial charge on any atom is -0.496 e. The Morgan fingerprint density at radius 3 is 2.27 bits per heavy atom. The van der Waals surface area contributed by atoms with Gasteiger partial charge < -0.3 is 26.4 Å². The van der Waals surface area contributed by atoms with Crippen LogP contribution in [0.15, 0.2) is 42.5 Å². The average molecular weight is 516 g/mol.